The zero-order chi connectivity index (χ0) is 15.2. The molecule has 0 spiro atoms. The Morgan fingerprint density at radius 3 is 2.62 bits per heavy atom. The summed E-state index contributed by atoms with van der Waals surface area (Å²) in [6.07, 6.45) is 2.04. The average molecular weight is 322 g/mol. The lowest BCUT2D eigenvalue weighted by Gasteiger charge is -2.15. The second-order valence-corrected chi connectivity index (χ2v) is 6.33. The molecule has 0 aliphatic heterocycles. The highest BCUT2D eigenvalue weighted by Gasteiger charge is 2.09. The van der Waals surface area contributed by atoms with Gasteiger partial charge in [0.2, 0.25) is 0 Å². The van der Waals surface area contributed by atoms with Gasteiger partial charge in [0.15, 0.2) is 0 Å². The van der Waals surface area contributed by atoms with Crippen LogP contribution in [0.3, 0.4) is 0 Å². The van der Waals surface area contributed by atoms with Crippen LogP contribution in [0, 0.1) is 0 Å². The maximum Gasteiger partial charge on any atom is 0.140 e. The van der Waals surface area contributed by atoms with Crippen molar-refractivity contribution < 1.29 is 4.74 Å². The molecule has 0 aliphatic carbocycles. The van der Waals surface area contributed by atoms with E-state index < -0.39 is 0 Å². The van der Waals surface area contributed by atoms with E-state index in [2.05, 4.69) is 25.2 Å². The van der Waals surface area contributed by atoms with Gasteiger partial charge in [0, 0.05) is 28.1 Å². The summed E-state index contributed by atoms with van der Waals surface area (Å²) in [5.74, 6) is 1.66. The molecule has 4 heteroatoms. The van der Waals surface area contributed by atoms with E-state index in [1.165, 1.54) is 0 Å². The number of para-hydroxylation sites is 1. The van der Waals surface area contributed by atoms with Crippen molar-refractivity contribution in [3.63, 3.8) is 0 Å². The molecule has 2 nitrogen and oxygen atoms in total. The highest BCUT2D eigenvalue weighted by Crippen LogP contribution is 2.34. The molecule has 21 heavy (non-hydrogen) atoms. The topological polar surface area (TPSA) is 21.3 Å². The maximum absolute atomic E-state index is 6.11. The number of halogens is 1. The second-order valence-electron chi connectivity index (χ2n) is 5.04. The second kappa shape index (κ2) is 7.74. The Morgan fingerprint density at radius 2 is 1.90 bits per heavy atom. The fourth-order valence-corrected chi connectivity index (χ4v) is 2.59. The highest BCUT2D eigenvalue weighted by atomic mass is 35.5. The zero-order valence-electron chi connectivity index (χ0n) is 12.5. The van der Waals surface area contributed by atoms with Gasteiger partial charge in [-0.3, -0.25) is 0 Å². The lowest BCUT2D eigenvalue weighted by atomic mass is 10.2. The van der Waals surface area contributed by atoms with Gasteiger partial charge >= 0.3 is 0 Å². The molecule has 0 saturated carbocycles. The lowest BCUT2D eigenvalue weighted by Crippen LogP contribution is -2.22. The van der Waals surface area contributed by atoms with Gasteiger partial charge in [0.05, 0.1) is 0 Å². The van der Waals surface area contributed by atoms with Gasteiger partial charge in [-0.25, -0.2) is 0 Å². The van der Waals surface area contributed by atoms with Gasteiger partial charge < -0.3 is 10.1 Å². The van der Waals surface area contributed by atoms with Gasteiger partial charge in [0.1, 0.15) is 11.5 Å². The molecular weight excluding hydrogens is 302 g/mol. The van der Waals surface area contributed by atoms with E-state index in [-0.39, 0.29) is 0 Å². The van der Waals surface area contributed by atoms with Gasteiger partial charge in [-0.05, 0) is 30.5 Å². The Hall–Kier alpha value is -1.16. The van der Waals surface area contributed by atoms with Gasteiger partial charge in [-0.1, -0.05) is 43.6 Å². The molecule has 0 fully saturated rings. The van der Waals surface area contributed by atoms with Crippen LogP contribution < -0.4 is 10.1 Å². The van der Waals surface area contributed by atoms with Crippen molar-refractivity contribution >= 4 is 23.4 Å². The number of nitrogens with one attached hydrogen (secondary N) is 1. The summed E-state index contributed by atoms with van der Waals surface area (Å²) < 4.78 is 6.10. The van der Waals surface area contributed by atoms with Crippen LogP contribution in [0.4, 0.5) is 0 Å². The largest absolute Gasteiger partial charge is 0.456 e. The Labute approximate surface area is 135 Å². The van der Waals surface area contributed by atoms with Crippen LogP contribution in [-0.2, 0) is 6.54 Å². The molecule has 0 aromatic heterocycles. The number of benzene rings is 2. The minimum Gasteiger partial charge on any atom is -0.456 e. The molecule has 1 N–H and O–H groups in total. The Morgan fingerprint density at radius 1 is 1.14 bits per heavy atom. The standard InChI is InChI=1S/C17H20ClNOS/c1-12(2)19-11-13-8-9-14(18)10-16(13)20-15-6-4-5-7-17(15)21-3/h4-10,12,19H,11H2,1-3H3. The van der Waals surface area contributed by atoms with Gasteiger partial charge in [-0.2, -0.15) is 0 Å². The van der Waals surface area contributed by atoms with Crippen LogP contribution in [0.25, 0.3) is 0 Å². The summed E-state index contributed by atoms with van der Waals surface area (Å²) >= 11 is 7.78. The summed E-state index contributed by atoms with van der Waals surface area (Å²) in [5.41, 5.74) is 1.10. The fourth-order valence-electron chi connectivity index (χ4n) is 1.91. The molecule has 2 aromatic rings. The fraction of sp³-hybridized carbons (Fsp3) is 0.294. The predicted molar refractivity (Wildman–Crippen MR) is 91.7 cm³/mol. The summed E-state index contributed by atoms with van der Waals surface area (Å²) in [6.45, 7) is 5.00. The van der Waals surface area contributed by atoms with Crippen molar-refractivity contribution in [2.45, 2.75) is 31.3 Å². The summed E-state index contributed by atoms with van der Waals surface area (Å²) in [7, 11) is 0. The highest BCUT2D eigenvalue weighted by molar-refractivity contribution is 7.98. The molecule has 0 amide bonds. The molecule has 0 radical (unpaired) electrons. The van der Waals surface area contributed by atoms with Crippen LogP contribution in [-0.4, -0.2) is 12.3 Å². The third kappa shape index (κ3) is 4.67. The maximum atomic E-state index is 6.11. The van der Waals surface area contributed by atoms with Crippen LogP contribution in [0.2, 0.25) is 5.02 Å². The molecule has 112 valence electrons. The lowest BCUT2D eigenvalue weighted by molar-refractivity contribution is 0.459. The van der Waals surface area contributed by atoms with Gasteiger partial charge in [0.25, 0.3) is 0 Å². The smallest absolute Gasteiger partial charge is 0.140 e. The van der Waals surface area contributed by atoms with Crippen molar-refractivity contribution in [1.82, 2.24) is 5.32 Å². The van der Waals surface area contributed by atoms with E-state index in [1.807, 2.05) is 42.7 Å². The quantitative estimate of drug-likeness (QED) is 0.724. The first kappa shape index (κ1) is 16.2. The van der Waals surface area contributed by atoms with Crippen LogP contribution in [0.5, 0.6) is 11.5 Å². The molecule has 0 bridgehead atoms. The molecule has 2 aromatic carbocycles. The number of thioether (sulfide) groups is 1. The third-order valence-corrected chi connectivity index (χ3v) is 4.03. The molecule has 0 aliphatic rings. The summed E-state index contributed by atoms with van der Waals surface area (Å²) in [5, 5.41) is 4.09. The van der Waals surface area contributed by atoms with Gasteiger partial charge in [-0.15, -0.1) is 11.8 Å². The molecule has 2 rings (SSSR count). The van der Waals surface area contributed by atoms with E-state index in [0.717, 1.165) is 28.5 Å². The monoisotopic (exact) mass is 321 g/mol. The Bertz CT molecular complexity index is 601. The number of rotatable bonds is 6. The van der Waals surface area contributed by atoms with E-state index in [1.54, 1.807) is 11.8 Å². The molecule has 0 saturated heterocycles. The summed E-state index contributed by atoms with van der Waals surface area (Å²) in [4.78, 5) is 1.11. The average Bonchev–Trinajstić information content (AvgIpc) is 2.47. The number of hydrogen-bond acceptors (Lipinski definition) is 3. The molecular formula is C17H20ClNOS. The Kier molecular flexibility index (Phi) is 5.97. The minimum atomic E-state index is 0.423. The first-order chi connectivity index (χ1) is 10.1. The van der Waals surface area contributed by atoms with Crippen LogP contribution in [0.15, 0.2) is 47.4 Å². The van der Waals surface area contributed by atoms with Crippen molar-refractivity contribution in [3.05, 3.63) is 53.1 Å². The van der Waals surface area contributed by atoms with Crippen molar-refractivity contribution in [2.24, 2.45) is 0 Å². The van der Waals surface area contributed by atoms with E-state index >= 15 is 0 Å². The Balaban J connectivity index is 2.27. The SMILES string of the molecule is CSc1ccccc1Oc1cc(Cl)ccc1CNC(C)C. The van der Waals surface area contributed by atoms with Crippen LogP contribution >= 0.6 is 23.4 Å². The van der Waals surface area contributed by atoms with E-state index in [9.17, 15) is 0 Å². The number of hydrogen-bond donors (Lipinski definition) is 1. The third-order valence-electron chi connectivity index (χ3n) is 3.02. The van der Waals surface area contributed by atoms with E-state index in [4.69, 9.17) is 16.3 Å². The van der Waals surface area contributed by atoms with Crippen molar-refractivity contribution in [3.8, 4) is 11.5 Å². The summed E-state index contributed by atoms with van der Waals surface area (Å²) in [6, 6.07) is 14.2. The van der Waals surface area contributed by atoms with E-state index in [0.29, 0.717) is 11.1 Å². The van der Waals surface area contributed by atoms with Crippen molar-refractivity contribution in [1.29, 1.82) is 0 Å². The minimum absolute atomic E-state index is 0.423. The first-order valence-corrected chi connectivity index (χ1v) is 8.53. The zero-order valence-corrected chi connectivity index (χ0v) is 14.1. The number of ether oxygens (including phenoxy) is 1. The first-order valence-electron chi connectivity index (χ1n) is 6.93. The molecule has 0 heterocycles. The van der Waals surface area contributed by atoms with Crippen LogP contribution in [0.1, 0.15) is 19.4 Å². The molecule has 0 unspecified atom stereocenters. The normalized spacial score (nSPS) is 10.9. The molecule has 0 atom stereocenters. The van der Waals surface area contributed by atoms with Crippen molar-refractivity contribution in [2.75, 3.05) is 6.26 Å². The predicted octanol–water partition coefficient (Wildman–Crippen LogP) is 5.35.